The van der Waals surface area contributed by atoms with Crippen LogP contribution in [0.5, 0.6) is 5.75 Å². The number of amides is 2. The number of nitrogens with zero attached hydrogens (tertiary/aromatic N) is 1. The number of anilines is 1. The van der Waals surface area contributed by atoms with Gasteiger partial charge in [0.2, 0.25) is 0 Å². The van der Waals surface area contributed by atoms with Crippen molar-refractivity contribution in [2.75, 3.05) is 11.9 Å². The molecule has 2 amide bonds. The average Bonchev–Trinajstić information content (AvgIpc) is 2.82. The molecule has 0 saturated heterocycles. The zero-order valence-electron chi connectivity index (χ0n) is 17.0. The third-order valence-electron chi connectivity index (χ3n) is 4.76. The summed E-state index contributed by atoms with van der Waals surface area (Å²) in [4.78, 5) is 28.9. The van der Waals surface area contributed by atoms with Gasteiger partial charge in [-0.2, -0.15) is 0 Å². The minimum Gasteiger partial charge on any atom is -0.483 e. The average molecular weight is 446 g/mol. The molecule has 0 unspecified atom stereocenters. The van der Waals surface area contributed by atoms with E-state index in [1.807, 2.05) is 60.7 Å². The number of carbonyl (C=O) groups excluding carboxylic acids is 2. The quantitative estimate of drug-likeness (QED) is 0.426. The van der Waals surface area contributed by atoms with Crippen LogP contribution in [0, 0.1) is 0 Å². The SMILES string of the molecule is O=C(COc1cccc2ccccc12)Nc1ccc(C(=O)NCc2ccccn2)c(Cl)c1. The molecular weight excluding hydrogens is 426 g/mol. The summed E-state index contributed by atoms with van der Waals surface area (Å²) in [6, 6.07) is 23.7. The molecule has 6 nitrogen and oxygen atoms in total. The van der Waals surface area contributed by atoms with Crippen molar-refractivity contribution < 1.29 is 14.3 Å². The highest BCUT2D eigenvalue weighted by atomic mass is 35.5. The molecule has 0 aliphatic carbocycles. The molecule has 0 saturated carbocycles. The highest BCUT2D eigenvalue weighted by molar-refractivity contribution is 6.34. The van der Waals surface area contributed by atoms with E-state index in [0.717, 1.165) is 16.5 Å². The Morgan fingerprint density at radius 2 is 1.75 bits per heavy atom. The van der Waals surface area contributed by atoms with Crippen molar-refractivity contribution in [1.29, 1.82) is 0 Å². The van der Waals surface area contributed by atoms with Crippen LogP contribution in [0.25, 0.3) is 10.8 Å². The highest BCUT2D eigenvalue weighted by Gasteiger charge is 2.13. The lowest BCUT2D eigenvalue weighted by molar-refractivity contribution is -0.118. The summed E-state index contributed by atoms with van der Waals surface area (Å²) in [5.74, 6) is -0.0182. The molecule has 32 heavy (non-hydrogen) atoms. The highest BCUT2D eigenvalue weighted by Crippen LogP contribution is 2.25. The second-order valence-corrected chi connectivity index (χ2v) is 7.42. The van der Waals surface area contributed by atoms with Gasteiger partial charge in [-0.1, -0.05) is 54.1 Å². The lowest BCUT2D eigenvalue weighted by atomic mass is 10.1. The molecule has 4 rings (SSSR count). The van der Waals surface area contributed by atoms with E-state index >= 15 is 0 Å². The van der Waals surface area contributed by atoms with Gasteiger partial charge in [0.05, 0.1) is 22.8 Å². The van der Waals surface area contributed by atoms with Crippen molar-refractivity contribution in [3.05, 3.63) is 101 Å². The maximum Gasteiger partial charge on any atom is 0.262 e. The second kappa shape index (κ2) is 9.94. The number of rotatable bonds is 7. The van der Waals surface area contributed by atoms with Crippen molar-refractivity contribution in [2.45, 2.75) is 6.54 Å². The topological polar surface area (TPSA) is 80.3 Å². The van der Waals surface area contributed by atoms with Gasteiger partial charge in [-0.15, -0.1) is 0 Å². The van der Waals surface area contributed by atoms with Crippen LogP contribution in [0.2, 0.25) is 5.02 Å². The predicted octanol–water partition coefficient (Wildman–Crippen LogP) is 4.84. The molecule has 0 bridgehead atoms. The first-order valence-electron chi connectivity index (χ1n) is 9.98. The van der Waals surface area contributed by atoms with Crippen molar-refractivity contribution in [2.24, 2.45) is 0 Å². The van der Waals surface area contributed by atoms with Crippen LogP contribution in [0.1, 0.15) is 16.1 Å². The Morgan fingerprint density at radius 3 is 2.56 bits per heavy atom. The molecule has 160 valence electrons. The van der Waals surface area contributed by atoms with Crippen LogP contribution in [0.3, 0.4) is 0 Å². The van der Waals surface area contributed by atoms with E-state index in [1.54, 1.807) is 18.3 Å². The fourth-order valence-electron chi connectivity index (χ4n) is 3.21. The van der Waals surface area contributed by atoms with Crippen LogP contribution >= 0.6 is 11.6 Å². The smallest absolute Gasteiger partial charge is 0.262 e. The zero-order chi connectivity index (χ0) is 22.3. The molecule has 1 aromatic heterocycles. The number of aromatic nitrogens is 1. The van der Waals surface area contributed by atoms with Gasteiger partial charge in [0.25, 0.3) is 11.8 Å². The van der Waals surface area contributed by atoms with Gasteiger partial charge in [0.15, 0.2) is 6.61 Å². The molecule has 0 spiro atoms. The summed E-state index contributed by atoms with van der Waals surface area (Å²) < 4.78 is 5.70. The minimum absolute atomic E-state index is 0.155. The lowest BCUT2D eigenvalue weighted by Gasteiger charge is -2.11. The molecule has 0 atom stereocenters. The first-order valence-corrected chi connectivity index (χ1v) is 10.4. The first kappa shape index (κ1) is 21.3. The Hall–Kier alpha value is -3.90. The van der Waals surface area contributed by atoms with Crippen molar-refractivity contribution in [1.82, 2.24) is 10.3 Å². The van der Waals surface area contributed by atoms with Gasteiger partial charge in [-0.05, 0) is 41.8 Å². The summed E-state index contributed by atoms with van der Waals surface area (Å²) >= 11 is 6.27. The van der Waals surface area contributed by atoms with Crippen LogP contribution in [-0.2, 0) is 11.3 Å². The fourth-order valence-corrected chi connectivity index (χ4v) is 3.47. The number of pyridine rings is 1. The van der Waals surface area contributed by atoms with Gasteiger partial charge in [0.1, 0.15) is 5.75 Å². The van der Waals surface area contributed by atoms with Crippen molar-refractivity contribution in [3.63, 3.8) is 0 Å². The largest absolute Gasteiger partial charge is 0.483 e. The van der Waals surface area contributed by atoms with E-state index in [-0.39, 0.29) is 23.4 Å². The summed E-state index contributed by atoms with van der Waals surface area (Å²) in [5.41, 5.74) is 1.53. The zero-order valence-corrected chi connectivity index (χ0v) is 17.8. The Bertz CT molecular complexity index is 1260. The number of hydrogen-bond donors (Lipinski definition) is 2. The number of fused-ring (bicyclic) bond motifs is 1. The monoisotopic (exact) mass is 445 g/mol. The molecule has 0 aliphatic heterocycles. The fraction of sp³-hybridized carbons (Fsp3) is 0.0800. The first-order chi connectivity index (χ1) is 15.6. The molecule has 7 heteroatoms. The second-order valence-electron chi connectivity index (χ2n) is 7.01. The van der Waals surface area contributed by atoms with Gasteiger partial charge in [0, 0.05) is 17.3 Å². The molecule has 3 aromatic carbocycles. The van der Waals surface area contributed by atoms with Crippen molar-refractivity contribution >= 4 is 39.9 Å². The summed E-state index contributed by atoms with van der Waals surface area (Å²) in [5, 5.41) is 7.72. The molecule has 0 radical (unpaired) electrons. The Labute approximate surface area is 190 Å². The van der Waals surface area contributed by atoms with E-state index in [4.69, 9.17) is 16.3 Å². The van der Waals surface area contributed by atoms with E-state index in [1.165, 1.54) is 6.07 Å². The number of ether oxygens (including phenoxy) is 1. The predicted molar refractivity (Wildman–Crippen MR) is 125 cm³/mol. The molecule has 2 N–H and O–H groups in total. The normalized spacial score (nSPS) is 10.5. The summed E-state index contributed by atoms with van der Waals surface area (Å²) in [7, 11) is 0. The van der Waals surface area contributed by atoms with Crippen LogP contribution in [0.15, 0.2) is 85.1 Å². The van der Waals surface area contributed by atoms with E-state index in [9.17, 15) is 9.59 Å². The number of nitrogens with one attached hydrogen (secondary N) is 2. The summed E-state index contributed by atoms with van der Waals surface area (Å²) in [6.07, 6.45) is 1.66. The van der Waals surface area contributed by atoms with E-state index in [2.05, 4.69) is 15.6 Å². The molecule has 0 fully saturated rings. The van der Waals surface area contributed by atoms with Gasteiger partial charge in [-0.3, -0.25) is 14.6 Å². The van der Waals surface area contributed by atoms with E-state index in [0.29, 0.717) is 23.5 Å². The Kier molecular flexibility index (Phi) is 6.63. The Morgan fingerprint density at radius 1 is 0.938 bits per heavy atom. The van der Waals surface area contributed by atoms with Crippen molar-refractivity contribution in [3.8, 4) is 5.75 Å². The van der Waals surface area contributed by atoms with Crippen LogP contribution < -0.4 is 15.4 Å². The third-order valence-corrected chi connectivity index (χ3v) is 5.07. The maximum absolute atomic E-state index is 12.4. The minimum atomic E-state index is -0.332. The number of hydrogen-bond acceptors (Lipinski definition) is 4. The van der Waals surface area contributed by atoms with Gasteiger partial charge < -0.3 is 15.4 Å². The van der Waals surface area contributed by atoms with Crippen LogP contribution in [0.4, 0.5) is 5.69 Å². The Balaban J connectivity index is 1.34. The number of carbonyl (C=O) groups is 2. The summed E-state index contributed by atoms with van der Waals surface area (Å²) in [6.45, 7) is 0.137. The number of benzene rings is 3. The van der Waals surface area contributed by atoms with Gasteiger partial charge in [-0.25, -0.2) is 0 Å². The third kappa shape index (κ3) is 5.22. The maximum atomic E-state index is 12.4. The van der Waals surface area contributed by atoms with Gasteiger partial charge >= 0.3 is 0 Å². The standard InChI is InChI=1S/C25H20ClN3O3/c26-22-14-18(11-12-21(22)25(31)28-15-19-8-3-4-13-27-19)29-24(30)16-32-23-10-5-7-17-6-1-2-9-20(17)23/h1-14H,15-16H2,(H,28,31)(H,29,30). The number of halogens is 1. The van der Waals surface area contributed by atoms with Crippen LogP contribution in [-0.4, -0.2) is 23.4 Å². The molecular formula is C25H20ClN3O3. The lowest BCUT2D eigenvalue weighted by Crippen LogP contribution is -2.24. The molecule has 0 aliphatic rings. The molecule has 4 aromatic rings. The molecule has 1 heterocycles. The van der Waals surface area contributed by atoms with E-state index < -0.39 is 0 Å².